The first kappa shape index (κ1) is 33.5. The van der Waals surface area contributed by atoms with Gasteiger partial charge in [-0.15, -0.1) is 0 Å². The van der Waals surface area contributed by atoms with Crippen LogP contribution in [0.4, 0.5) is 49.6 Å². The maximum absolute atomic E-state index is 14.6. The van der Waals surface area contributed by atoms with Gasteiger partial charge in [0.25, 0.3) is 5.91 Å². The molecule has 0 bridgehead atoms. The fourth-order valence-electron chi connectivity index (χ4n) is 4.07. The van der Waals surface area contributed by atoms with Crippen molar-refractivity contribution in [3.8, 4) is 11.5 Å². The summed E-state index contributed by atoms with van der Waals surface area (Å²) in [6.45, 7) is -2.37. The van der Waals surface area contributed by atoms with Gasteiger partial charge in [-0.2, -0.15) is 35.1 Å². The second-order valence-corrected chi connectivity index (χ2v) is 9.27. The maximum Gasteiger partial charge on any atom is 0.435 e. The average molecular weight is 646 g/mol. The number of halogens is 11. The molecule has 0 aliphatic rings. The van der Waals surface area contributed by atoms with E-state index in [9.17, 15) is 53.5 Å². The molecule has 0 fully saturated rings. The molecule has 0 heterocycles. The number of Topliss-reactive ketones (excluding diaryl/α,β-unsaturated/α-hetero) is 1. The van der Waals surface area contributed by atoms with E-state index >= 15 is 0 Å². The fourth-order valence-corrected chi connectivity index (χ4v) is 4.35. The maximum atomic E-state index is 14.6. The van der Waals surface area contributed by atoms with Gasteiger partial charge in [0.1, 0.15) is 11.6 Å². The average Bonchev–Trinajstić information content (AvgIpc) is 2.87. The minimum Gasteiger partial charge on any atom is -0.494 e. The van der Waals surface area contributed by atoms with Crippen molar-refractivity contribution in [2.75, 3.05) is 12.4 Å². The molecule has 0 aliphatic heterocycles. The SMILES string of the molecule is COc1c(NC(=O)c2ccc(F)cc2C)cccc1C(=O)Cc1c(Cl)cc(C(F)(C(F)(F)F)C(F)(F)F)cc1OC(F)F. The number of anilines is 1. The van der Waals surface area contributed by atoms with Crippen LogP contribution in [0.3, 0.4) is 0 Å². The molecule has 0 saturated heterocycles. The molecule has 3 rings (SSSR count). The van der Waals surface area contributed by atoms with Crippen LogP contribution in [0.5, 0.6) is 11.5 Å². The minimum atomic E-state index is -6.58. The van der Waals surface area contributed by atoms with Crippen molar-refractivity contribution in [3.05, 3.63) is 87.2 Å². The molecule has 0 aliphatic carbocycles. The van der Waals surface area contributed by atoms with Gasteiger partial charge < -0.3 is 14.8 Å². The van der Waals surface area contributed by atoms with Crippen molar-refractivity contribution < 1.29 is 63.0 Å². The van der Waals surface area contributed by atoms with E-state index < -0.39 is 70.5 Å². The summed E-state index contributed by atoms with van der Waals surface area (Å²) in [7, 11) is 1.09. The van der Waals surface area contributed by atoms with Gasteiger partial charge in [-0.1, -0.05) is 17.7 Å². The van der Waals surface area contributed by atoms with E-state index in [1.54, 1.807) is 0 Å². The fraction of sp³-hybridized carbons (Fsp3) is 0.259. The van der Waals surface area contributed by atoms with Crippen molar-refractivity contribution >= 4 is 29.0 Å². The first-order valence-electron chi connectivity index (χ1n) is 11.7. The number of amides is 1. The minimum absolute atomic E-state index is 0.0579. The van der Waals surface area contributed by atoms with Crippen LogP contribution in [0.15, 0.2) is 48.5 Å². The normalized spacial score (nSPS) is 12.3. The number of benzene rings is 3. The summed E-state index contributed by atoms with van der Waals surface area (Å²) in [4.78, 5) is 26.0. The monoisotopic (exact) mass is 645 g/mol. The second kappa shape index (κ2) is 12.3. The smallest absolute Gasteiger partial charge is 0.435 e. The standard InChI is InChI=1S/C27H18ClF10NO4/c1-12-8-14(29)6-7-15(12)23(41)39-19-5-3-4-16(22(19)42-2)20(40)11-17-18(28)9-13(10-21(17)43-24(30)31)25(32,26(33,34)35)27(36,37)38/h3-10,24H,11H2,1-2H3,(H,39,41). The first-order chi connectivity index (χ1) is 19.8. The number of hydrogen-bond donors (Lipinski definition) is 1. The predicted molar refractivity (Wildman–Crippen MR) is 133 cm³/mol. The Morgan fingerprint density at radius 3 is 2.09 bits per heavy atom. The Morgan fingerprint density at radius 2 is 1.56 bits per heavy atom. The molecule has 3 aromatic carbocycles. The third-order valence-electron chi connectivity index (χ3n) is 6.09. The molecule has 0 unspecified atom stereocenters. The van der Waals surface area contributed by atoms with Crippen molar-refractivity contribution in [2.45, 2.75) is 38.0 Å². The molecular formula is C27H18ClF10NO4. The molecule has 0 aromatic heterocycles. The lowest BCUT2D eigenvalue weighted by Crippen LogP contribution is -2.50. The highest BCUT2D eigenvalue weighted by Gasteiger charge is 2.73. The zero-order valence-electron chi connectivity index (χ0n) is 21.7. The lowest BCUT2D eigenvalue weighted by atomic mass is 9.91. The van der Waals surface area contributed by atoms with Crippen LogP contribution >= 0.6 is 11.6 Å². The summed E-state index contributed by atoms with van der Waals surface area (Å²) in [6, 6.07) is 6.67. The molecule has 0 saturated carbocycles. The molecule has 0 atom stereocenters. The number of nitrogens with one attached hydrogen (secondary N) is 1. The van der Waals surface area contributed by atoms with E-state index in [2.05, 4.69) is 10.1 Å². The Balaban J connectivity index is 2.05. The predicted octanol–water partition coefficient (Wildman–Crippen LogP) is 8.36. The van der Waals surface area contributed by atoms with E-state index in [0.717, 1.165) is 25.3 Å². The van der Waals surface area contributed by atoms with Gasteiger partial charge in [-0.05, 0) is 55.0 Å². The number of aryl methyl sites for hydroxylation is 1. The summed E-state index contributed by atoms with van der Waals surface area (Å²) in [5, 5.41) is 1.34. The molecular weight excluding hydrogens is 628 g/mol. The molecule has 3 aromatic rings. The van der Waals surface area contributed by atoms with Crippen molar-refractivity contribution in [1.29, 1.82) is 0 Å². The van der Waals surface area contributed by atoms with Gasteiger partial charge in [0, 0.05) is 28.1 Å². The van der Waals surface area contributed by atoms with E-state index in [1.807, 2.05) is 0 Å². The summed E-state index contributed by atoms with van der Waals surface area (Å²) in [6.07, 6.45) is -14.2. The van der Waals surface area contributed by atoms with Gasteiger partial charge in [0.2, 0.25) is 0 Å². The van der Waals surface area contributed by atoms with Crippen LogP contribution in [0.25, 0.3) is 0 Å². The van der Waals surface area contributed by atoms with Gasteiger partial charge in [0.15, 0.2) is 11.5 Å². The molecule has 43 heavy (non-hydrogen) atoms. The topological polar surface area (TPSA) is 64.6 Å². The Kier molecular flexibility index (Phi) is 9.59. The number of para-hydroxylation sites is 1. The van der Waals surface area contributed by atoms with Crippen molar-refractivity contribution in [3.63, 3.8) is 0 Å². The van der Waals surface area contributed by atoms with Gasteiger partial charge >= 0.3 is 24.6 Å². The summed E-state index contributed by atoms with van der Waals surface area (Å²) >= 11 is 5.83. The van der Waals surface area contributed by atoms with Crippen molar-refractivity contribution in [1.82, 2.24) is 0 Å². The second-order valence-electron chi connectivity index (χ2n) is 8.87. The van der Waals surface area contributed by atoms with Crippen LogP contribution in [0.2, 0.25) is 5.02 Å². The number of ketones is 1. The Hall–Kier alpha value is -4.01. The van der Waals surface area contributed by atoms with Crippen LogP contribution in [-0.4, -0.2) is 37.8 Å². The Bertz CT molecular complexity index is 1530. The van der Waals surface area contributed by atoms with E-state index in [1.165, 1.54) is 25.1 Å². The van der Waals surface area contributed by atoms with Crippen LogP contribution < -0.4 is 14.8 Å². The van der Waals surface area contributed by atoms with Gasteiger partial charge in [-0.25, -0.2) is 8.78 Å². The number of hydrogen-bond acceptors (Lipinski definition) is 4. The number of carbonyl (C=O) groups excluding carboxylic acids is 2. The molecule has 232 valence electrons. The van der Waals surface area contributed by atoms with Crippen molar-refractivity contribution in [2.24, 2.45) is 0 Å². The number of carbonyl (C=O) groups is 2. The van der Waals surface area contributed by atoms with E-state index in [4.69, 9.17) is 16.3 Å². The number of rotatable bonds is 9. The Morgan fingerprint density at radius 1 is 0.930 bits per heavy atom. The molecule has 0 radical (unpaired) electrons. The largest absolute Gasteiger partial charge is 0.494 e. The highest BCUT2D eigenvalue weighted by molar-refractivity contribution is 6.32. The third-order valence-corrected chi connectivity index (χ3v) is 6.43. The molecule has 5 nitrogen and oxygen atoms in total. The van der Waals surface area contributed by atoms with Crippen LogP contribution in [0.1, 0.15) is 37.4 Å². The molecule has 0 spiro atoms. The molecule has 1 N–H and O–H groups in total. The van der Waals surface area contributed by atoms with Crippen LogP contribution in [-0.2, 0) is 12.1 Å². The van der Waals surface area contributed by atoms with E-state index in [0.29, 0.717) is 0 Å². The summed E-state index contributed by atoms with van der Waals surface area (Å²) in [5.41, 5.74) is -9.12. The highest BCUT2D eigenvalue weighted by atomic mass is 35.5. The highest BCUT2D eigenvalue weighted by Crippen LogP contribution is 2.54. The lowest BCUT2D eigenvalue weighted by Gasteiger charge is -2.31. The summed E-state index contributed by atoms with van der Waals surface area (Å²) in [5.74, 6) is -4.07. The summed E-state index contributed by atoms with van der Waals surface area (Å²) < 4.78 is 143. The molecule has 16 heteroatoms. The van der Waals surface area contributed by atoms with Crippen LogP contribution in [0, 0.1) is 12.7 Å². The first-order valence-corrected chi connectivity index (χ1v) is 12.1. The number of ether oxygens (including phenoxy) is 2. The Labute approximate surface area is 241 Å². The molecule has 1 amide bonds. The van der Waals surface area contributed by atoms with Gasteiger partial charge in [-0.3, -0.25) is 9.59 Å². The number of methoxy groups -OCH3 is 1. The number of alkyl halides is 9. The zero-order valence-corrected chi connectivity index (χ0v) is 22.4. The lowest BCUT2D eigenvalue weighted by molar-refractivity contribution is -0.348. The quantitative estimate of drug-likeness (QED) is 0.188. The zero-order chi connectivity index (χ0) is 32.5. The van der Waals surface area contributed by atoms with Gasteiger partial charge in [0.05, 0.1) is 18.4 Å². The third kappa shape index (κ3) is 6.81. The van der Waals surface area contributed by atoms with E-state index in [-0.39, 0.29) is 40.3 Å².